The lowest BCUT2D eigenvalue weighted by molar-refractivity contribution is 0.441. The van der Waals surface area contributed by atoms with Gasteiger partial charge in [-0.1, -0.05) is 20.1 Å². The Kier molecular flexibility index (Phi) is 4.16. The average Bonchev–Trinajstić information content (AvgIpc) is 2.34. The summed E-state index contributed by atoms with van der Waals surface area (Å²) < 4.78 is 53.9. The van der Waals surface area contributed by atoms with Crippen molar-refractivity contribution in [2.75, 3.05) is 0 Å². The summed E-state index contributed by atoms with van der Waals surface area (Å²) in [5, 5.41) is 2.50. The molecule has 0 radical (unpaired) electrons. The fraction of sp³-hybridized carbons (Fsp3) is 0.231. The topological polar surface area (TPSA) is 12.0 Å². The molecule has 0 spiro atoms. The maximum absolute atomic E-state index is 13.6. The third-order valence-corrected chi connectivity index (χ3v) is 2.54. The van der Waals surface area contributed by atoms with Crippen LogP contribution >= 0.6 is 0 Å². The first-order valence-electron chi connectivity index (χ1n) is 5.27. The monoisotopic (exact) mass is 259 g/mol. The number of rotatable bonds is 4. The van der Waals surface area contributed by atoms with Gasteiger partial charge in [0.15, 0.2) is 23.3 Å². The summed E-state index contributed by atoms with van der Waals surface area (Å²) in [6, 6.07) is 0. The number of hydrogen-bond acceptors (Lipinski definition) is 1. The minimum Gasteiger partial charge on any atom is -0.359 e. The van der Waals surface area contributed by atoms with Gasteiger partial charge in [-0.25, -0.2) is 17.6 Å². The molecule has 1 nitrogen and oxygen atoms in total. The number of benzene rings is 1. The fourth-order valence-corrected chi connectivity index (χ4v) is 1.37. The molecule has 0 saturated heterocycles. The van der Waals surface area contributed by atoms with Crippen molar-refractivity contribution in [1.29, 1.82) is 0 Å². The zero-order valence-electron chi connectivity index (χ0n) is 10.1. The van der Waals surface area contributed by atoms with E-state index in [0.717, 1.165) is 6.92 Å². The van der Waals surface area contributed by atoms with Crippen LogP contribution < -0.4 is 5.32 Å². The predicted molar refractivity (Wildman–Crippen MR) is 62.6 cm³/mol. The van der Waals surface area contributed by atoms with Crippen LogP contribution in [0.1, 0.15) is 24.5 Å². The first-order chi connectivity index (χ1) is 8.31. The van der Waals surface area contributed by atoms with Crippen LogP contribution in [0.4, 0.5) is 17.6 Å². The van der Waals surface area contributed by atoms with E-state index in [1.165, 1.54) is 0 Å². The molecule has 0 bridgehead atoms. The molecule has 0 heterocycles. The standard InChI is InChI=1S/C13H13F4N/c1-5-6(2)18-8(4)9-12(16)10(14)7(3)11(15)13(9)17/h18H,2,4-5H2,1,3H3. The average molecular weight is 259 g/mol. The number of allylic oxidation sites excluding steroid dienone is 1. The van der Waals surface area contributed by atoms with Crippen molar-refractivity contribution < 1.29 is 17.6 Å². The molecule has 5 heteroatoms. The van der Waals surface area contributed by atoms with Gasteiger partial charge in [0.2, 0.25) is 0 Å². The second kappa shape index (κ2) is 5.25. The Morgan fingerprint density at radius 1 is 1.00 bits per heavy atom. The van der Waals surface area contributed by atoms with Gasteiger partial charge in [-0.15, -0.1) is 0 Å². The lowest BCUT2D eigenvalue weighted by Crippen LogP contribution is -2.14. The minimum atomic E-state index is -1.46. The summed E-state index contributed by atoms with van der Waals surface area (Å²) in [5.41, 5.74) is -1.38. The van der Waals surface area contributed by atoms with E-state index in [1.807, 2.05) is 0 Å². The molecule has 98 valence electrons. The molecule has 18 heavy (non-hydrogen) atoms. The van der Waals surface area contributed by atoms with Gasteiger partial charge in [-0.3, -0.25) is 0 Å². The Balaban J connectivity index is 3.33. The van der Waals surface area contributed by atoms with Crippen LogP contribution in [0.15, 0.2) is 18.9 Å². The molecule has 0 atom stereocenters. The van der Waals surface area contributed by atoms with E-state index >= 15 is 0 Å². The van der Waals surface area contributed by atoms with Gasteiger partial charge in [0.25, 0.3) is 0 Å². The molecule has 0 fully saturated rings. The smallest absolute Gasteiger partial charge is 0.171 e. The molecule has 0 aliphatic rings. The number of hydrogen-bond donors (Lipinski definition) is 1. The van der Waals surface area contributed by atoms with Gasteiger partial charge >= 0.3 is 0 Å². The van der Waals surface area contributed by atoms with Crippen LogP contribution in [-0.4, -0.2) is 0 Å². The molecule has 0 aliphatic carbocycles. The van der Waals surface area contributed by atoms with Gasteiger partial charge in [0.05, 0.1) is 5.56 Å². The molecule has 1 N–H and O–H groups in total. The van der Waals surface area contributed by atoms with Crippen LogP contribution in [0.25, 0.3) is 5.70 Å². The summed E-state index contributed by atoms with van der Waals surface area (Å²) >= 11 is 0. The third-order valence-electron chi connectivity index (χ3n) is 2.54. The lowest BCUT2D eigenvalue weighted by atomic mass is 10.1. The molecule has 1 aromatic carbocycles. The maximum Gasteiger partial charge on any atom is 0.171 e. The van der Waals surface area contributed by atoms with E-state index in [1.54, 1.807) is 6.92 Å². The first-order valence-corrected chi connectivity index (χ1v) is 5.27. The Hall–Kier alpha value is -1.78. The van der Waals surface area contributed by atoms with E-state index in [9.17, 15) is 17.6 Å². The molecule has 0 saturated carbocycles. The lowest BCUT2D eigenvalue weighted by Gasteiger charge is -2.14. The van der Waals surface area contributed by atoms with E-state index in [0.29, 0.717) is 12.1 Å². The molecular weight excluding hydrogens is 246 g/mol. The van der Waals surface area contributed by atoms with Crippen LogP contribution in [-0.2, 0) is 0 Å². The second-order valence-electron chi connectivity index (χ2n) is 3.82. The van der Waals surface area contributed by atoms with Crippen molar-refractivity contribution in [3.05, 3.63) is 53.3 Å². The summed E-state index contributed by atoms with van der Waals surface area (Å²) in [6.45, 7) is 9.63. The highest BCUT2D eigenvalue weighted by Crippen LogP contribution is 2.27. The van der Waals surface area contributed by atoms with Crippen LogP contribution in [0.3, 0.4) is 0 Å². The SMILES string of the molecule is C=C(CC)NC(=C)c1c(F)c(F)c(C)c(F)c1F. The fourth-order valence-electron chi connectivity index (χ4n) is 1.37. The second-order valence-corrected chi connectivity index (χ2v) is 3.82. The summed E-state index contributed by atoms with van der Waals surface area (Å²) in [6.07, 6.45) is 0.485. The first kappa shape index (κ1) is 14.3. The molecule has 1 aromatic rings. The molecule has 0 unspecified atom stereocenters. The van der Waals surface area contributed by atoms with Crippen molar-refractivity contribution >= 4 is 5.70 Å². The third kappa shape index (κ3) is 2.39. The highest BCUT2D eigenvalue weighted by molar-refractivity contribution is 5.65. The Morgan fingerprint density at radius 3 is 1.83 bits per heavy atom. The van der Waals surface area contributed by atoms with Crippen LogP contribution in [0.2, 0.25) is 0 Å². The number of halogens is 4. The zero-order valence-corrected chi connectivity index (χ0v) is 10.1. The summed E-state index contributed by atoms with van der Waals surface area (Å²) in [4.78, 5) is 0. The van der Waals surface area contributed by atoms with E-state index in [4.69, 9.17) is 0 Å². The molecule has 1 rings (SSSR count). The van der Waals surface area contributed by atoms with Crippen molar-refractivity contribution in [2.45, 2.75) is 20.3 Å². The largest absolute Gasteiger partial charge is 0.359 e. The van der Waals surface area contributed by atoms with E-state index in [-0.39, 0.29) is 5.70 Å². The van der Waals surface area contributed by atoms with E-state index in [2.05, 4.69) is 18.5 Å². The van der Waals surface area contributed by atoms with E-state index < -0.39 is 34.4 Å². The highest BCUT2D eigenvalue weighted by atomic mass is 19.2. The van der Waals surface area contributed by atoms with Gasteiger partial charge in [0.1, 0.15) is 0 Å². The maximum atomic E-state index is 13.6. The van der Waals surface area contributed by atoms with Crippen molar-refractivity contribution in [3.8, 4) is 0 Å². The Bertz CT molecular complexity index is 491. The zero-order chi connectivity index (χ0) is 14.0. The van der Waals surface area contributed by atoms with Crippen LogP contribution in [0, 0.1) is 30.2 Å². The van der Waals surface area contributed by atoms with Gasteiger partial charge in [0, 0.05) is 17.0 Å². The highest BCUT2D eigenvalue weighted by Gasteiger charge is 2.24. The summed E-state index contributed by atoms with van der Waals surface area (Å²) in [7, 11) is 0. The van der Waals surface area contributed by atoms with Crippen LogP contribution in [0.5, 0.6) is 0 Å². The molecular formula is C13H13F4N. The number of nitrogens with one attached hydrogen (secondary N) is 1. The van der Waals surface area contributed by atoms with Crippen molar-refractivity contribution in [3.63, 3.8) is 0 Å². The van der Waals surface area contributed by atoms with Gasteiger partial charge in [-0.2, -0.15) is 0 Å². The Labute approximate surface area is 103 Å². The molecule has 0 aromatic heterocycles. The normalized spacial score (nSPS) is 10.3. The molecule has 0 aliphatic heterocycles. The van der Waals surface area contributed by atoms with Crippen molar-refractivity contribution in [1.82, 2.24) is 5.32 Å². The van der Waals surface area contributed by atoms with Crippen molar-refractivity contribution in [2.24, 2.45) is 0 Å². The summed E-state index contributed by atoms with van der Waals surface area (Å²) in [5.74, 6) is -5.77. The predicted octanol–water partition coefficient (Wildman–Crippen LogP) is 4.04. The van der Waals surface area contributed by atoms with Gasteiger partial charge in [-0.05, 0) is 13.3 Å². The quantitative estimate of drug-likeness (QED) is 0.635. The Morgan fingerprint density at radius 2 is 1.44 bits per heavy atom. The minimum absolute atomic E-state index is 0.269. The molecule has 0 amide bonds. The van der Waals surface area contributed by atoms with Gasteiger partial charge < -0.3 is 5.32 Å².